The van der Waals surface area contributed by atoms with Gasteiger partial charge in [0.25, 0.3) is 0 Å². The van der Waals surface area contributed by atoms with Crippen molar-refractivity contribution in [3.63, 3.8) is 0 Å². The van der Waals surface area contributed by atoms with Crippen LogP contribution in [0.2, 0.25) is 0 Å². The maximum absolute atomic E-state index is 6.17. The van der Waals surface area contributed by atoms with Crippen LogP contribution in [0.3, 0.4) is 0 Å². The number of rotatable bonds is 7. The molecular weight excluding hydrogens is 260 g/mol. The number of hydrogen-bond donors (Lipinski definition) is 0. The molecule has 0 amide bonds. The Morgan fingerprint density at radius 2 is 1.32 bits per heavy atom. The smallest absolute Gasteiger partial charge is 0.374 e. The monoisotopic (exact) mass is 290 g/mol. The fourth-order valence-corrected chi connectivity index (χ4v) is 5.79. The van der Waals surface area contributed by atoms with Crippen molar-refractivity contribution in [2.45, 2.75) is 84.8 Å². The van der Waals surface area contributed by atoms with E-state index in [9.17, 15) is 0 Å². The lowest BCUT2D eigenvalue weighted by atomic mass is 10.2. The molecule has 19 heavy (non-hydrogen) atoms. The number of hydrogen-bond acceptors (Lipinski definition) is 4. The molecule has 0 spiro atoms. The predicted octanol–water partition coefficient (Wildman–Crippen LogP) is 3.31. The van der Waals surface area contributed by atoms with Crippen LogP contribution in [0.5, 0.6) is 0 Å². The van der Waals surface area contributed by atoms with Crippen LogP contribution in [0.15, 0.2) is 0 Å². The van der Waals surface area contributed by atoms with Crippen LogP contribution in [-0.4, -0.2) is 39.5 Å². The van der Waals surface area contributed by atoms with Gasteiger partial charge in [-0.05, 0) is 60.8 Å². The quantitative estimate of drug-likeness (QED) is 0.674. The molecule has 5 heteroatoms. The Bertz CT molecular complexity index is 223. The highest BCUT2D eigenvalue weighted by Crippen LogP contribution is 2.29. The zero-order valence-corrected chi connectivity index (χ0v) is 14.3. The molecule has 1 fully saturated rings. The SMILES string of the molecule is CC(C)O[Si](OC(C)C)(OC(C)C)C1CCCCO1. The fraction of sp³-hybridized carbons (Fsp3) is 1.00. The maximum atomic E-state index is 6.17. The van der Waals surface area contributed by atoms with Crippen molar-refractivity contribution < 1.29 is 18.0 Å². The molecule has 0 aliphatic carbocycles. The van der Waals surface area contributed by atoms with Crippen molar-refractivity contribution in [3.05, 3.63) is 0 Å². The van der Waals surface area contributed by atoms with Crippen molar-refractivity contribution in [1.29, 1.82) is 0 Å². The summed E-state index contributed by atoms with van der Waals surface area (Å²) in [5, 5.41) is 0. The van der Waals surface area contributed by atoms with Gasteiger partial charge in [-0.2, -0.15) is 0 Å². The Balaban J connectivity index is 2.92. The molecule has 1 aliphatic heterocycles. The molecule has 0 saturated carbocycles. The first-order chi connectivity index (χ1) is 8.85. The van der Waals surface area contributed by atoms with Gasteiger partial charge in [-0.15, -0.1) is 0 Å². The van der Waals surface area contributed by atoms with E-state index >= 15 is 0 Å². The van der Waals surface area contributed by atoms with Crippen LogP contribution in [0.25, 0.3) is 0 Å². The van der Waals surface area contributed by atoms with Crippen LogP contribution in [0, 0.1) is 0 Å². The summed E-state index contributed by atoms with van der Waals surface area (Å²) in [5.41, 5.74) is -0.0200. The Morgan fingerprint density at radius 3 is 1.63 bits per heavy atom. The summed E-state index contributed by atoms with van der Waals surface area (Å²) in [6, 6.07) is 0. The summed E-state index contributed by atoms with van der Waals surface area (Å²) in [5.74, 6) is 0. The molecule has 114 valence electrons. The second kappa shape index (κ2) is 7.74. The number of ether oxygens (including phenoxy) is 1. The van der Waals surface area contributed by atoms with Gasteiger partial charge in [0.1, 0.15) is 5.73 Å². The molecule has 0 aromatic carbocycles. The van der Waals surface area contributed by atoms with Gasteiger partial charge in [0.15, 0.2) is 0 Å². The van der Waals surface area contributed by atoms with Crippen LogP contribution >= 0.6 is 0 Å². The van der Waals surface area contributed by atoms with Crippen LogP contribution in [0.1, 0.15) is 60.8 Å². The van der Waals surface area contributed by atoms with Gasteiger partial charge in [-0.1, -0.05) is 0 Å². The summed E-state index contributed by atoms with van der Waals surface area (Å²) in [6.07, 6.45) is 3.48. The highest BCUT2D eigenvalue weighted by Gasteiger charge is 2.53. The molecule has 1 aliphatic rings. The highest BCUT2D eigenvalue weighted by molar-refractivity contribution is 6.62. The summed E-state index contributed by atoms with van der Waals surface area (Å²) in [7, 11) is -2.81. The van der Waals surface area contributed by atoms with Gasteiger partial charge >= 0.3 is 8.80 Å². The summed E-state index contributed by atoms with van der Waals surface area (Å²) in [6.45, 7) is 12.9. The lowest BCUT2D eigenvalue weighted by Crippen LogP contribution is -2.61. The van der Waals surface area contributed by atoms with Crippen molar-refractivity contribution >= 4 is 8.80 Å². The van der Waals surface area contributed by atoms with Gasteiger partial charge < -0.3 is 18.0 Å². The van der Waals surface area contributed by atoms with Crippen molar-refractivity contribution in [2.75, 3.05) is 6.61 Å². The molecule has 0 aromatic rings. The van der Waals surface area contributed by atoms with E-state index in [-0.39, 0.29) is 24.0 Å². The van der Waals surface area contributed by atoms with Gasteiger partial charge in [0, 0.05) is 24.9 Å². The van der Waals surface area contributed by atoms with E-state index in [1.807, 2.05) is 41.5 Å². The van der Waals surface area contributed by atoms with E-state index in [2.05, 4.69) is 0 Å². The average molecular weight is 290 g/mol. The zero-order valence-electron chi connectivity index (χ0n) is 13.3. The van der Waals surface area contributed by atoms with Gasteiger partial charge in [0.05, 0.1) is 0 Å². The third kappa shape index (κ3) is 5.51. The van der Waals surface area contributed by atoms with Crippen molar-refractivity contribution in [3.8, 4) is 0 Å². The first kappa shape index (κ1) is 17.1. The average Bonchev–Trinajstić information content (AvgIpc) is 2.27. The Hall–Kier alpha value is 0.0569. The minimum absolute atomic E-state index is 0.0200. The minimum atomic E-state index is -2.81. The minimum Gasteiger partial charge on any atom is -0.374 e. The second-order valence-electron chi connectivity index (χ2n) is 5.96. The lowest BCUT2D eigenvalue weighted by molar-refractivity contribution is -0.0614. The molecule has 0 bridgehead atoms. The summed E-state index contributed by atoms with van der Waals surface area (Å²) < 4.78 is 24.4. The first-order valence-electron chi connectivity index (χ1n) is 7.50. The topological polar surface area (TPSA) is 36.9 Å². The van der Waals surface area contributed by atoms with E-state index in [4.69, 9.17) is 18.0 Å². The van der Waals surface area contributed by atoms with Crippen LogP contribution in [0.4, 0.5) is 0 Å². The zero-order chi connectivity index (χ0) is 14.5. The summed E-state index contributed by atoms with van der Waals surface area (Å²) >= 11 is 0. The Morgan fingerprint density at radius 1 is 0.842 bits per heavy atom. The standard InChI is InChI=1S/C14H30O4Si/c1-11(2)16-19(17-12(3)4,18-13(5)6)14-9-7-8-10-15-14/h11-14H,7-10H2,1-6H3. The van der Waals surface area contributed by atoms with Gasteiger partial charge in [-0.25, -0.2) is 0 Å². The molecule has 0 aromatic heterocycles. The molecule has 1 atom stereocenters. The van der Waals surface area contributed by atoms with E-state index in [1.54, 1.807) is 0 Å². The molecule has 0 radical (unpaired) electrons. The molecule has 0 N–H and O–H groups in total. The van der Waals surface area contributed by atoms with Crippen molar-refractivity contribution in [2.24, 2.45) is 0 Å². The lowest BCUT2D eigenvalue weighted by Gasteiger charge is -2.40. The largest absolute Gasteiger partial charge is 0.532 e. The summed E-state index contributed by atoms with van der Waals surface area (Å²) in [4.78, 5) is 0. The fourth-order valence-electron chi connectivity index (χ4n) is 2.32. The van der Waals surface area contributed by atoms with E-state index in [0.717, 1.165) is 25.9 Å². The van der Waals surface area contributed by atoms with E-state index in [0.29, 0.717) is 0 Å². The molecular formula is C14H30O4Si. The molecule has 1 rings (SSSR count). The third-order valence-corrected chi connectivity index (χ3v) is 6.42. The normalized spacial score (nSPS) is 21.6. The molecule has 1 unspecified atom stereocenters. The van der Waals surface area contributed by atoms with Crippen LogP contribution < -0.4 is 0 Å². The second-order valence-corrected chi connectivity index (χ2v) is 8.52. The van der Waals surface area contributed by atoms with Gasteiger partial charge in [-0.3, -0.25) is 0 Å². The third-order valence-electron chi connectivity index (χ3n) is 2.77. The van der Waals surface area contributed by atoms with Crippen LogP contribution in [-0.2, 0) is 18.0 Å². The van der Waals surface area contributed by atoms with E-state index < -0.39 is 8.80 Å². The Kier molecular flexibility index (Phi) is 6.97. The van der Waals surface area contributed by atoms with Gasteiger partial charge in [0.2, 0.25) is 0 Å². The Labute approximate surface area is 119 Å². The molecule has 1 heterocycles. The maximum Gasteiger partial charge on any atom is 0.532 e. The van der Waals surface area contributed by atoms with E-state index in [1.165, 1.54) is 0 Å². The predicted molar refractivity (Wildman–Crippen MR) is 78.0 cm³/mol. The first-order valence-corrected chi connectivity index (χ1v) is 9.31. The van der Waals surface area contributed by atoms with Crippen molar-refractivity contribution in [1.82, 2.24) is 0 Å². The highest BCUT2D eigenvalue weighted by atomic mass is 28.4. The molecule has 4 nitrogen and oxygen atoms in total. The molecule has 1 saturated heterocycles.